The molecule has 0 aliphatic carbocycles. The standard InChI is InChI=1S/C25H32FN3O2/c26-21-10-11-23-24(16-21)31-19-22(29(23)18-20-8-4-3-5-9-20)17-25(30)27-12-15-28-13-6-1-2-7-14-28/h3-5,8-11,16,22H,1-2,6-7,12-15,17-19H2,(H,27,30). The molecule has 2 aliphatic heterocycles. The van der Waals surface area contributed by atoms with Crippen molar-refractivity contribution in [3.63, 3.8) is 0 Å². The Morgan fingerprint density at radius 3 is 2.61 bits per heavy atom. The zero-order valence-electron chi connectivity index (χ0n) is 18.1. The van der Waals surface area contributed by atoms with E-state index in [9.17, 15) is 9.18 Å². The van der Waals surface area contributed by atoms with Crippen LogP contribution in [0.15, 0.2) is 48.5 Å². The molecule has 2 aliphatic rings. The van der Waals surface area contributed by atoms with Gasteiger partial charge in [-0.15, -0.1) is 0 Å². The first-order valence-corrected chi connectivity index (χ1v) is 11.4. The lowest BCUT2D eigenvalue weighted by Gasteiger charge is -2.38. The van der Waals surface area contributed by atoms with Crippen LogP contribution in [0.5, 0.6) is 5.75 Å². The number of carbonyl (C=O) groups is 1. The Morgan fingerprint density at radius 2 is 1.84 bits per heavy atom. The third kappa shape index (κ3) is 5.97. The predicted octanol–water partition coefficient (Wildman–Crippen LogP) is 3.98. The smallest absolute Gasteiger partial charge is 0.222 e. The van der Waals surface area contributed by atoms with Gasteiger partial charge >= 0.3 is 0 Å². The minimum Gasteiger partial charge on any atom is -0.489 e. The van der Waals surface area contributed by atoms with E-state index in [1.807, 2.05) is 18.2 Å². The second-order valence-corrected chi connectivity index (χ2v) is 8.50. The number of amides is 1. The molecule has 166 valence electrons. The van der Waals surface area contributed by atoms with Crippen LogP contribution in [0.1, 0.15) is 37.7 Å². The van der Waals surface area contributed by atoms with E-state index < -0.39 is 0 Å². The maximum atomic E-state index is 13.7. The lowest BCUT2D eigenvalue weighted by molar-refractivity contribution is -0.121. The summed E-state index contributed by atoms with van der Waals surface area (Å²) in [6.45, 7) is 4.85. The van der Waals surface area contributed by atoms with Crippen molar-refractivity contribution in [3.05, 3.63) is 59.9 Å². The summed E-state index contributed by atoms with van der Waals surface area (Å²) in [6, 6.07) is 14.6. The minimum absolute atomic E-state index is 0.0343. The van der Waals surface area contributed by atoms with Crippen molar-refractivity contribution in [3.8, 4) is 5.75 Å². The molecule has 6 heteroatoms. The summed E-state index contributed by atoms with van der Waals surface area (Å²) in [5, 5.41) is 3.09. The van der Waals surface area contributed by atoms with E-state index in [-0.39, 0.29) is 17.8 Å². The van der Waals surface area contributed by atoms with Gasteiger partial charge in [0.15, 0.2) is 0 Å². The highest BCUT2D eigenvalue weighted by atomic mass is 19.1. The zero-order chi connectivity index (χ0) is 21.5. The first-order chi connectivity index (χ1) is 15.2. The molecule has 2 aromatic carbocycles. The molecule has 2 aromatic rings. The van der Waals surface area contributed by atoms with Crippen molar-refractivity contribution in [1.82, 2.24) is 10.2 Å². The Bertz CT molecular complexity index is 853. The van der Waals surface area contributed by atoms with Gasteiger partial charge in [0.25, 0.3) is 0 Å². The molecule has 0 spiro atoms. The highest BCUT2D eigenvalue weighted by molar-refractivity contribution is 5.77. The molecule has 1 fully saturated rings. The van der Waals surface area contributed by atoms with Crippen molar-refractivity contribution in [1.29, 1.82) is 0 Å². The quantitative estimate of drug-likeness (QED) is 0.729. The summed E-state index contributed by atoms with van der Waals surface area (Å²) >= 11 is 0. The molecule has 31 heavy (non-hydrogen) atoms. The Balaban J connectivity index is 1.38. The van der Waals surface area contributed by atoms with Crippen molar-refractivity contribution in [2.45, 2.75) is 44.7 Å². The molecule has 4 rings (SSSR count). The minimum atomic E-state index is -0.317. The molecule has 1 amide bonds. The first kappa shape index (κ1) is 21.6. The molecule has 0 saturated carbocycles. The lowest BCUT2D eigenvalue weighted by Crippen LogP contribution is -2.46. The van der Waals surface area contributed by atoms with Crippen LogP contribution in [-0.4, -0.2) is 49.6 Å². The summed E-state index contributed by atoms with van der Waals surface area (Å²) in [4.78, 5) is 17.3. The Hall–Kier alpha value is -2.60. The van der Waals surface area contributed by atoms with Gasteiger partial charge in [-0.1, -0.05) is 43.2 Å². The van der Waals surface area contributed by atoms with Crippen molar-refractivity contribution >= 4 is 11.6 Å². The molecule has 5 nitrogen and oxygen atoms in total. The van der Waals surface area contributed by atoms with Gasteiger partial charge in [-0.25, -0.2) is 4.39 Å². The van der Waals surface area contributed by atoms with Gasteiger partial charge in [0.1, 0.15) is 18.2 Å². The molecule has 0 radical (unpaired) electrons. The van der Waals surface area contributed by atoms with Gasteiger partial charge in [0, 0.05) is 25.7 Å². The molecule has 1 saturated heterocycles. The number of likely N-dealkylation sites (tertiary alicyclic amines) is 1. The van der Waals surface area contributed by atoms with E-state index in [1.165, 1.54) is 37.8 Å². The molecule has 2 heterocycles. The SMILES string of the molecule is O=C(CC1COc2cc(F)ccc2N1Cc1ccccc1)NCCN1CCCCCC1. The number of halogens is 1. The Labute approximate surface area is 184 Å². The van der Waals surface area contributed by atoms with Gasteiger partial charge in [-0.2, -0.15) is 0 Å². The monoisotopic (exact) mass is 425 g/mol. The van der Waals surface area contributed by atoms with Crippen molar-refractivity contribution in [2.75, 3.05) is 37.7 Å². The number of rotatable bonds is 7. The van der Waals surface area contributed by atoms with Crippen LogP contribution in [0.25, 0.3) is 0 Å². The van der Waals surface area contributed by atoms with Crippen LogP contribution in [-0.2, 0) is 11.3 Å². The summed E-state index contributed by atoms with van der Waals surface area (Å²) < 4.78 is 19.5. The van der Waals surface area contributed by atoms with Crippen LogP contribution in [0.4, 0.5) is 10.1 Å². The molecule has 1 N–H and O–H groups in total. The zero-order valence-corrected chi connectivity index (χ0v) is 18.1. The van der Waals surface area contributed by atoms with Crippen LogP contribution in [0.3, 0.4) is 0 Å². The maximum Gasteiger partial charge on any atom is 0.222 e. The molecule has 0 bridgehead atoms. The fraction of sp³-hybridized carbons (Fsp3) is 0.480. The second kappa shape index (κ2) is 10.6. The lowest BCUT2D eigenvalue weighted by atomic mass is 10.1. The molecule has 0 aromatic heterocycles. The van der Waals surface area contributed by atoms with Gasteiger partial charge in [0.2, 0.25) is 5.91 Å². The predicted molar refractivity (Wildman–Crippen MR) is 121 cm³/mol. The third-order valence-electron chi connectivity index (χ3n) is 6.17. The molecular formula is C25H32FN3O2. The summed E-state index contributed by atoms with van der Waals surface area (Å²) in [5.74, 6) is 0.254. The number of fused-ring (bicyclic) bond motifs is 1. The van der Waals surface area contributed by atoms with Crippen LogP contribution in [0.2, 0.25) is 0 Å². The number of ether oxygens (including phenoxy) is 1. The van der Waals surface area contributed by atoms with Crippen LogP contribution < -0.4 is 15.0 Å². The second-order valence-electron chi connectivity index (χ2n) is 8.50. The fourth-order valence-electron chi connectivity index (χ4n) is 4.48. The third-order valence-corrected chi connectivity index (χ3v) is 6.17. The Morgan fingerprint density at radius 1 is 1.06 bits per heavy atom. The van der Waals surface area contributed by atoms with Crippen LogP contribution >= 0.6 is 0 Å². The molecular weight excluding hydrogens is 393 g/mol. The van der Waals surface area contributed by atoms with E-state index in [0.717, 1.165) is 30.9 Å². The van der Waals surface area contributed by atoms with E-state index in [0.29, 0.717) is 31.9 Å². The van der Waals surface area contributed by atoms with Gasteiger partial charge in [-0.05, 0) is 43.6 Å². The fourth-order valence-corrected chi connectivity index (χ4v) is 4.48. The van der Waals surface area contributed by atoms with Crippen molar-refractivity contribution < 1.29 is 13.9 Å². The Kier molecular flexibility index (Phi) is 7.41. The summed E-state index contributed by atoms with van der Waals surface area (Å²) in [7, 11) is 0. The molecule has 1 atom stereocenters. The summed E-state index contributed by atoms with van der Waals surface area (Å²) in [5.41, 5.74) is 1.98. The number of carbonyl (C=O) groups excluding carboxylic acids is 1. The van der Waals surface area contributed by atoms with Crippen molar-refractivity contribution in [2.24, 2.45) is 0 Å². The number of hydrogen-bond acceptors (Lipinski definition) is 4. The van der Waals surface area contributed by atoms with E-state index >= 15 is 0 Å². The topological polar surface area (TPSA) is 44.8 Å². The number of benzene rings is 2. The average Bonchev–Trinajstić information content (AvgIpc) is 3.05. The van der Waals surface area contributed by atoms with Gasteiger partial charge < -0.3 is 19.9 Å². The number of hydrogen-bond donors (Lipinski definition) is 1. The number of nitrogens with one attached hydrogen (secondary N) is 1. The van der Waals surface area contributed by atoms with Gasteiger partial charge in [-0.3, -0.25) is 4.79 Å². The normalized spacial score (nSPS) is 19.3. The van der Waals surface area contributed by atoms with E-state index in [1.54, 1.807) is 6.07 Å². The number of anilines is 1. The van der Waals surface area contributed by atoms with E-state index in [4.69, 9.17) is 4.74 Å². The largest absolute Gasteiger partial charge is 0.489 e. The maximum absolute atomic E-state index is 13.7. The van der Waals surface area contributed by atoms with E-state index in [2.05, 4.69) is 27.2 Å². The first-order valence-electron chi connectivity index (χ1n) is 11.4. The average molecular weight is 426 g/mol. The molecule has 1 unspecified atom stereocenters. The highest BCUT2D eigenvalue weighted by Gasteiger charge is 2.29. The number of nitrogens with zero attached hydrogens (tertiary/aromatic N) is 2. The summed E-state index contributed by atoms with van der Waals surface area (Å²) in [6.07, 6.45) is 5.48. The van der Waals surface area contributed by atoms with Crippen LogP contribution in [0, 0.1) is 5.82 Å². The van der Waals surface area contributed by atoms with Gasteiger partial charge in [0.05, 0.1) is 18.2 Å². The highest BCUT2D eigenvalue weighted by Crippen LogP contribution is 2.36.